The van der Waals surface area contributed by atoms with E-state index in [4.69, 9.17) is 4.74 Å². The van der Waals surface area contributed by atoms with Crippen molar-refractivity contribution in [3.05, 3.63) is 0 Å². The maximum absolute atomic E-state index is 11.7. The smallest absolute Gasteiger partial charge is 0.410 e. The van der Waals surface area contributed by atoms with E-state index in [0.29, 0.717) is 6.54 Å². The monoisotopic (exact) mass is 229 g/mol. The molecule has 0 radical (unpaired) electrons. The van der Waals surface area contributed by atoms with Gasteiger partial charge in [0, 0.05) is 11.8 Å². The van der Waals surface area contributed by atoms with E-state index in [-0.39, 0.29) is 22.5 Å². The lowest BCUT2D eigenvalue weighted by Gasteiger charge is -2.29. The minimum absolute atomic E-state index is 0.108. The van der Waals surface area contributed by atoms with Crippen molar-refractivity contribution in [1.82, 2.24) is 4.90 Å². The van der Waals surface area contributed by atoms with Crippen LogP contribution in [0, 0.1) is 0 Å². The molecule has 0 aromatic rings. The van der Waals surface area contributed by atoms with E-state index < -0.39 is 5.60 Å². The molecule has 0 spiro atoms. The molecule has 2 atom stereocenters. The number of fused-ring (bicyclic) bond motifs is 2. The van der Waals surface area contributed by atoms with Crippen LogP contribution in [0.1, 0.15) is 27.2 Å². The van der Waals surface area contributed by atoms with Gasteiger partial charge < -0.3 is 4.74 Å². The summed E-state index contributed by atoms with van der Waals surface area (Å²) in [7, 11) is 0. The first-order valence-electron chi connectivity index (χ1n) is 5.07. The summed E-state index contributed by atoms with van der Waals surface area (Å²) in [6.45, 7) is 6.14. The van der Waals surface area contributed by atoms with Crippen molar-refractivity contribution >= 4 is 23.0 Å². The second kappa shape index (κ2) is 3.40. The minimum Gasteiger partial charge on any atom is -0.444 e. The van der Waals surface area contributed by atoms with E-state index in [0.717, 1.165) is 6.42 Å². The van der Waals surface area contributed by atoms with Gasteiger partial charge in [-0.25, -0.2) is 4.79 Å². The lowest BCUT2D eigenvalue weighted by atomic mass is 10.2. The molecule has 2 fully saturated rings. The van der Waals surface area contributed by atoms with Crippen LogP contribution in [0.3, 0.4) is 0 Å². The highest BCUT2D eigenvalue weighted by atomic mass is 32.2. The first kappa shape index (κ1) is 10.8. The van der Waals surface area contributed by atoms with Crippen molar-refractivity contribution in [3.8, 4) is 0 Å². The third kappa shape index (κ3) is 2.12. The maximum atomic E-state index is 11.7. The third-order valence-electron chi connectivity index (χ3n) is 2.45. The Balaban J connectivity index is 2.01. The molecule has 0 N–H and O–H groups in total. The summed E-state index contributed by atoms with van der Waals surface area (Å²) < 4.78 is 5.25. The zero-order chi connectivity index (χ0) is 11.2. The molecule has 15 heavy (non-hydrogen) atoms. The number of carbonyl (C=O) groups excluding carboxylic acids is 2. The molecular weight excluding hydrogens is 214 g/mol. The highest BCUT2D eigenvalue weighted by Crippen LogP contribution is 2.39. The zero-order valence-corrected chi connectivity index (χ0v) is 9.97. The Labute approximate surface area is 93.3 Å². The van der Waals surface area contributed by atoms with Crippen LogP contribution in [0.4, 0.5) is 4.79 Å². The molecule has 0 aromatic carbocycles. The summed E-state index contributed by atoms with van der Waals surface area (Å²) in [5.74, 6) is 0. The number of hydrogen-bond acceptors (Lipinski definition) is 4. The van der Waals surface area contributed by atoms with Gasteiger partial charge in [-0.05, 0) is 27.2 Å². The van der Waals surface area contributed by atoms with Crippen molar-refractivity contribution in [3.63, 3.8) is 0 Å². The van der Waals surface area contributed by atoms with Crippen LogP contribution in [0.2, 0.25) is 0 Å². The van der Waals surface area contributed by atoms with Crippen molar-refractivity contribution in [2.75, 3.05) is 6.54 Å². The summed E-state index contributed by atoms with van der Waals surface area (Å²) in [6.07, 6.45) is 0.437. The fourth-order valence-electron chi connectivity index (χ4n) is 1.87. The van der Waals surface area contributed by atoms with E-state index in [2.05, 4.69) is 0 Å². The van der Waals surface area contributed by atoms with Gasteiger partial charge >= 0.3 is 6.09 Å². The number of hydrogen-bond donors (Lipinski definition) is 0. The standard InChI is InChI=1S/C10H15NO3S/c1-10(2,3)14-9(13)11-5-6-4-7(11)8(12)15-6/h6-7H,4-5H2,1-3H3/t6-,7-/m0/s1. The second-order valence-corrected chi connectivity index (χ2v) is 6.25. The summed E-state index contributed by atoms with van der Waals surface area (Å²) in [5, 5.41) is 0.395. The topological polar surface area (TPSA) is 46.6 Å². The molecule has 2 saturated heterocycles. The van der Waals surface area contributed by atoms with Crippen LogP contribution in [0.15, 0.2) is 0 Å². The predicted octanol–water partition coefficient (Wildman–Crippen LogP) is 1.64. The van der Waals surface area contributed by atoms with Crippen LogP contribution < -0.4 is 0 Å². The Morgan fingerprint density at radius 1 is 1.53 bits per heavy atom. The largest absolute Gasteiger partial charge is 0.444 e. The maximum Gasteiger partial charge on any atom is 0.410 e. The molecule has 4 nitrogen and oxygen atoms in total. The lowest BCUT2D eigenvalue weighted by Crippen LogP contribution is -2.44. The van der Waals surface area contributed by atoms with Crippen LogP contribution in [-0.4, -0.2) is 39.5 Å². The number of carbonyl (C=O) groups is 2. The quantitative estimate of drug-likeness (QED) is 0.633. The van der Waals surface area contributed by atoms with E-state index in [9.17, 15) is 9.59 Å². The van der Waals surface area contributed by atoms with Crippen LogP contribution >= 0.6 is 11.8 Å². The normalized spacial score (nSPS) is 29.8. The molecular formula is C10H15NO3S. The Bertz CT molecular complexity index is 310. The highest BCUT2D eigenvalue weighted by Gasteiger charge is 2.48. The van der Waals surface area contributed by atoms with Gasteiger partial charge in [0.05, 0.1) is 0 Å². The second-order valence-electron chi connectivity index (χ2n) is 4.94. The highest BCUT2D eigenvalue weighted by molar-refractivity contribution is 8.14. The molecule has 2 aliphatic rings. The Morgan fingerprint density at radius 2 is 2.20 bits per heavy atom. The number of ether oxygens (including phenoxy) is 1. The molecule has 2 rings (SSSR count). The Hall–Kier alpha value is -0.710. The van der Waals surface area contributed by atoms with Crippen molar-refractivity contribution in [1.29, 1.82) is 0 Å². The average molecular weight is 229 g/mol. The average Bonchev–Trinajstić information content (AvgIpc) is 2.58. The molecule has 2 aliphatic heterocycles. The molecule has 84 valence electrons. The van der Waals surface area contributed by atoms with Crippen molar-refractivity contribution in [2.45, 2.75) is 44.1 Å². The van der Waals surface area contributed by atoms with E-state index >= 15 is 0 Å². The van der Waals surface area contributed by atoms with E-state index in [1.54, 1.807) is 4.90 Å². The van der Waals surface area contributed by atoms with Crippen molar-refractivity contribution < 1.29 is 14.3 Å². The molecule has 2 bridgehead atoms. The van der Waals surface area contributed by atoms with Crippen LogP contribution in [0.5, 0.6) is 0 Å². The number of nitrogens with zero attached hydrogens (tertiary/aromatic N) is 1. The first-order chi connectivity index (χ1) is 6.87. The fourth-order valence-corrected chi connectivity index (χ4v) is 3.09. The minimum atomic E-state index is -0.491. The number of rotatable bonds is 0. The van der Waals surface area contributed by atoms with Gasteiger partial charge in [0.25, 0.3) is 0 Å². The molecule has 5 heteroatoms. The molecule has 0 unspecified atom stereocenters. The molecule has 1 amide bonds. The number of amides is 1. The third-order valence-corrected chi connectivity index (χ3v) is 3.62. The summed E-state index contributed by atoms with van der Waals surface area (Å²) in [4.78, 5) is 24.7. The Kier molecular flexibility index (Phi) is 2.45. The van der Waals surface area contributed by atoms with Gasteiger partial charge in [-0.15, -0.1) is 0 Å². The van der Waals surface area contributed by atoms with Gasteiger partial charge in [-0.3, -0.25) is 9.69 Å². The van der Waals surface area contributed by atoms with Crippen LogP contribution in [-0.2, 0) is 9.53 Å². The van der Waals surface area contributed by atoms with Gasteiger partial charge in [-0.1, -0.05) is 11.8 Å². The van der Waals surface area contributed by atoms with Gasteiger partial charge in [0.15, 0.2) is 0 Å². The molecule has 0 aliphatic carbocycles. The van der Waals surface area contributed by atoms with Crippen LogP contribution in [0.25, 0.3) is 0 Å². The molecule has 0 saturated carbocycles. The summed E-state index contributed by atoms with van der Waals surface area (Å²) >= 11 is 1.37. The van der Waals surface area contributed by atoms with Gasteiger partial charge in [0.2, 0.25) is 5.12 Å². The van der Waals surface area contributed by atoms with Crippen molar-refractivity contribution in [2.24, 2.45) is 0 Å². The van der Waals surface area contributed by atoms with Gasteiger partial charge in [0.1, 0.15) is 11.6 Å². The predicted molar refractivity (Wildman–Crippen MR) is 57.7 cm³/mol. The lowest BCUT2D eigenvalue weighted by molar-refractivity contribution is -0.114. The fraction of sp³-hybridized carbons (Fsp3) is 0.800. The summed E-state index contributed by atoms with van der Waals surface area (Å²) in [6, 6.07) is -0.241. The first-order valence-corrected chi connectivity index (χ1v) is 5.95. The van der Waals surface area contributed by atoms with Gasteiger partial charge in [-0.2, -0.15) is 0 Å². The zero-order valence-electron chi connectivity index (χ0n) is 9.15. The Morgan fingerprint density at radius 3 is 2.67 bits per heavy atom. The number of likely N-dealkylation sites (tertiary alicyclic amines) is 1. The van der Waals surface area contributed by atoms with E-state index in [1.165, 1.54) is 11.8 Å². The molecule has 2 heterocycles. The van der Waals surface area contributed by atoms with E-state index in [1.807, 2.05) is 20.8 Å². The number of thioether (sulfide) groups is 1. The summed E-state index contributed by atoms with van der Waals surface area (Å²) in [5.41, 5.74) is -0.491. The SMILES string of the molecule is CC(C)(C)OC(=O)N1C[C@@H]2C[C@H]1C(=O)S2. The molecule has 0 aromatic heterocycles.